The normalized spacial score (nSPS) is 13.1. The van der Waals surface area contributed by atoms with E-state index in [1.54, 1.807) is 0 Å². The Bertz CT molecular complexity index is 1400. The van der Waals surface area contributed by atoms with Gasteiger partial charge < -0.3 is 14.2 Å². The zero-order valence-corrected chi connectivity index (χ0v) is 41.7. The second-order valence-electron chi connectivity index (χ2n) is 16.9. The van der Waals surface area contributed by atoms with Gasteiger partial charge in [-0.1, -0.05) is 232 Å². The molecule has 6 nitrogen and oxygen atoms in total. The molecule has 0 heterocycles. The van der Waals surface area contributed by atoms with Crippen molar-refractivity contribution in [2.45, 2.75) is 219 Å². The van der Waals surface area contributed by atoms with Gasteiger partial charge in [-0.05, 0) is 83.5 Å². The lowest BCUT2D eigenvalue weighted by Crippen LogP contribution is -2.30. The SMILES string of the molecule is CC\C=C/C=C\C=C/C=C\C=C/CCCC(=O)OCC(COC(=O)CCCCCCC\C=C/C=C\C=C/C=C\CCCCC)OC(=O)CCCCCCC/C=C\CCCCCCCCC. The molecular formula is C59H94O6. The Morgan fingerprint density at radius 1 is 0.323 bits per heavy atom. The molecule has 0 aliphatic rings. The summed E-state index contributed by atoms with van der Waals surface area (Å²) in [6.45, 7) is 6.35. The summed E-state index contributed by atoms with van der Waals surface area (Å²) in [6, 6.07) is 0. The lowest BCUT2D eigenvalue weighted by atomic mass is 10.1. The molecule has 1 unspecified atom stereocenters. The lowest BCUT2D eigenvalue weighted by molar-refractivity contribution is -0.167. The van der Waals surface area contributed by atoms with Crippen LogP contribution in [-0.2, 0) is 28.6 Å². The molecule has 0 rings (SSSR count). The van der Waals surface area contributed by atoms with E-state index >= 15 is 0 Å². The fourth-order valence-corrected chi connectivity index (χ4v) is 6.71. The second-order valence-corrected chi connectivity index (χ2v) is 16.9. The Balaban J connectivity index is 4.55. The monoisotopic (exact) mass is 899 g/mol. The van der Waals surface area contributed by atoms with Crippen LogP contribution in [0.15, 0.2) is 122 Å². The predicted molar refractivity (Wildman–Crippen MR) is 279 cm³/mol. The zero-order chi connectivity index (χ0) is 47.2. The summed E-state index contributed by atoms with van der Waals surface area (Å²) in [4.78, 5) is 38.0. The molecule has 0 radical (unpaired) electrons. The van der Waals surface area contributed by atoms with E-state index in [2.05, 4.69) is 87.6 Å². The van der Waals surface area contributed by atoms with Gasteiger partial charge in [-0.25, -0.2) is 0 Å². The maximum atomic E-state index is 12.8. The molecule has 0 bridgehead atoms. The zero-order valence-electron chi connectivity index (χ0n) is 41.7. The average molecular weight is 899 g/mol. The first-order chi connectivity index (χ1) is 32.0. The first kappa shape index (κ1) is 60.8. The number of rotatable bonds is 45. The Morgan fingerprint density at radius 2 is 0.631 bits per heavy atom. The molecule has 0 spiro atoms. The first-order valence-corrected chi connectivity index (χ1v) is 26.2. The van der Waals surface area contributed by atoms with Crippen LogP contribution in [0.4, 0.5) is 0 Å². The highest BCUT2D eigenvalue weighted by atomic mass is 16.6. The molecule has 0 saturated carbocycles. The first-order valence-electron chi connectivity index (χ1n) is 26.2. The van der Waals surface area contributed by atoms with Crippen molar-refractivity contribution in [2.24, 2.45) is 0 Å². The summed E-state index contributed by atoms with van der Waals surface area (Å²) >= 11 is 0. The number of hydrogen-bond acceptors (Lipinski definition) is 6. The van der Waals surface area contributed by atoms with Crippen LogP contribution >= 0.6 is 0 Å². The summed E-state index contributed by atoms with van der Waals surface area (Å²) in [5.74, 6) is -1.03. The van der Waals surface area contributed by atoms with Crippen molar-refractivity contribution in [1.29, 1.82) is 0 Å². The Labute approximate surface area is 399 Å². The second kappa shape index (κ2) is 52.4. The van der Waals surface area contributed by atoms with Crippen LogP contribution in [0.5, 0.6) is 0 Å². The largest absolute Gasteiger partial charge is 0.462 e. The summed E-state index contributed by atoms with van der Waals surface area (Å²) in [7, 11) is 0. The quantitative estimate of drug-likeness (QED) is 0.0199. The van der Waals surface area contributed by atoms with Gasteiger partial charge in [-0.2, -0.15) is 0 Å². The number of esters is 3. The van der Waals surface area contributed by atoms with Gasteiger partial charge in [0.1, 0.15) is 13.2 Å². The van der Waals surface area contributed by atoms with Crippen LogP contribution in [0.3, 0.4) is 0 Å². The van der Waals surface area contributed by atoms with Crippen molar-refractivity contribution >= 4 is 17.9 Å². The van der Waals surface area contributed by atoms with Gasteiger partial charge in [0, 0.05) is 19.3 Å². The van der Waals surface area contributed by atoms with Crippen LogP contribution in [0, 0.1) is 0 Å². The van der Waals surface area contributed by atoms with E-state index in [4.69, 9.17) is 14.2 Å². The number of carbonyl (C=O) groups excluding carboxylic acids is 3. The van der Waals surface area contributed by atoms with Crippen molar-refractivity contribution < 1.29 is 28.6 Å². The molecule has 0 aromatic heterocycles. The highest BCUT2D eigenvalue weighted by Crippen LogP contribution is 2.13. The average Bonchev–Trinajstić information content (AvgIpc) is 3.30. The summed E-state index contributed by atoms with van der Waals surface area (Å²) in [5.41, 5.74) is 0. The van der Waals surface area contributed by atoms with E-state index < -0.39 is 6.10 Å². The van der Waals surface area contributed by atoms with E-state index in [0.29, 0.717) is 19.3 Å². The molecule has 0 saturated heterocycles. The minimum absolute atomic E-state index is 0.120. The smallest absolute Gasteiger partial charge is 0.306 e. The third-order valence-electron chi connectivity index (χ3n) is 10.6. The summed E-state index contributed by atoms with van der Waals surface area (Å²) < 4.78 is 16.7. The predicted octanol–water partition coefficient (Wildman–Crippen LogP) is 17.3. The number of allylic oxidation sites excluding steroid dienone is 20. The lowest BCUT2D eigenvalue weighted by Gasteiger charge is -2.18. The van der Waals surface area contributed by atoms with Gasteiger partial charge in [0.25, 0.3) is 0 Å². The van der Waals surface area contributed by atoms with Gasteiger partial charge in [-0.3, -0.25) is 14.4 Å². The molecule has 0 fully saturated rings. The van der Waals surface area contributed by atoms with Gasteiger partial charge in [-0.15, -0.1) is 0 Å². The Kier molecular flexibility index (Phi) is 49.1. The molecule has 0 amide bonds. The Hall–Kier alpha value is -4.19. The van der Waals surface area contributed by atoms with Crippen LogP contribution in [0.2, 0.25) is 0 Å². The fourth-order valence-electron chi connectivity index (χ4n) is 6.71. The van der Waals surface area contributed by atoms with Crippen molar-refractivity contribution in [2.75, 3.05) is 13.2 Å². The highest BCUT2D eigenvalue weighted by Gasteiger charge is 2.19. The van der Waals surface area contributed by atoms with Crippen molar-refractivity contribution in [3.63, 3.8) is 0 Å². The van der Waals surface area contributed by atoms with Gasteiger partial charge >= 0.3 is 17.9 Å². The van der Waals surface area contributed by atoms with Crippen molar-refractivity contribution in [1.82, 2.24) is 0 Å². The topological polar surface area (TPSA) is 78.9 Å². The molecule has 0 aliphatic heterocycles. The number of carbonyl (C=O) groups is 3. The fraction of sp³-hybridized carbons (Fsp3) is 0.610. The molecule has 0 aliphatic carbocycles. The molecule has 366 valence electrons. The molecular weight excluding hydrogens is 805 g/mol. The van der Waals surface area contributed by atoms with Crippen molar-refractivity contribution in [3.05, 3.63) is 122 Å². The van der Waals surface area contributed by atoms with Gasteiger partial charge in [0.2, 0.25) is 0 Å². The van der Waals surface area contributed by atoms with E-state index in [-0.39, 0.29) is 37.5 Å². The Morgan fingerprint density at radius 3 is 1.08 bits per heavy atom. The van der Waals surface area contributed by atoms with E-state index in [0.717, 1.165) is 89.9 Å². The third-order valence-corrected chi connectivity index (χ3v) is 10.6. The van der Waals surface area contributed by atoms with E-state index in [1.807, 2.05) is 54.7 Å². The minimum Gasteiger partial charge on any atom is -0.462 e. The third kappa shape index (κ3) is 50.7. The minimum atomic E-state index is -0.824. The molecule has 0 aromatic carbocycles. The maximum Gasteiger partial charge on any atom is 0.306 e. The van der Waals surface area contributed by atoms with Crippen LogP contribution < -0.4 is 0 Å². The van der Waals surface area contributed by atoms with Crippen LogP contribution in [-0.4, -0.2) is 37.2 Å². The van der Waals surface area contributed by atoms with Crippen LogP contribution in [0.25, 0.3) is 0 Å². The number of unbranched alkanes of at least 4 members (excludes halogenated alkanes) is 21. The number of hydrogen-bond donors (Lipinski definition) is 0. The molecule has 1 atom stereocenters. The highest BCUT2D eigenvalue weighted by molar-refractivity contribution is 5.71. The summed E-state index contributed by atoms with van der Waals surface area (Å²) in [5, 5.41) is 0. The molecule has 0 N–H and O–H groups in total. The standard InChI is InChI=1S/C59H94O6/c1-4-7-10-13-16-19-22-25-27-29-30-32-34-37-40-43-46-49-52-58(61)64-55-56(54-63-57(60)51-48-45-42-39-36-33-24-21-18-15-12-9-6-3)65-59(62)53-50-47-44-41-38-35-31-28-26-23-20-17-14-11-8-5-2/h9,12,15-16,18-19,21-22,24-25,27-33,36,39,42,56H,4-8,10-11,13-14,17,20,23,26,34-35,37-38,40-41,43-55H2,1-3H3/b12-9-,18-15-,19-16-,24-21-,25-22-,29-27-,31-28-,32-30-,36-33-,42-39-. The molecule has 65 heavy (non-hydrogen) atoms. The molecule has 0 aromatic rings. The number of ether oxygens (including phenoxy) is 3. The van der Waals surface area contributed by atoms with Gasteiger partial charge in [0.05, 0.1) is 0 Å². The van der Waals surface area contributed by atoms with Crippen molar-refractivity contribution in [3.8, 4) is 0 Å². The van der Waals surface area contributed by atoms with Crippen LogP contribution in [0.1, 0.15) is 213 Å². The molecule has 6 heteroatoms. The van der Waals surface area contributed by atoms with Gasteiger partial charge in [0.15, 0.2) is 6.10 Å². The van der Waals surface area contributed by atoms with E-state index in [9.17, 15) is 14.4 Å². The van der Waals surface area contributed by atoms with E-state index in [1.165, 1.54) is 77.0 Å². The maximum absolute atomic E-state index is 12.8. The summed E-state index contributed by atoms with van der Waals surface area (Å²) in [6.07, 6.45) is 71.8.